The predicted molar refractivity (Wildman–Crippen MR) is 129 cm³/mol. The van der Waals surface area contributed by atoms with Crippen LogP contribution < -0.4 is 10.1 Å². The average Bonchev–Trinajstić information content (AvgIpc) is 2.70. The van der Waals surface area contributed by atoms with Gasteiger partial charge in [-0.15, -0.1) is 12.4 Å². The lowest BCUT2D eigenvalue weighted by atomic mass is 9.81. The summed E-state index contributed by atoms with van der Waals surface area (Å²) < 4.78 is 47.2. The van der Waals surface area contributed by atoms with Gasteiger partial charge in [0, 0.05) is 42.2 Å². The lowest BCUT2D eigenvalue weighted by molar-refractivity contribution is 0.00347. The van der Waals surface area contributed by atoms with Crippen molar-refractivity contribution in [3.8, 4) is 11.8 Å². The van der Waals surface area contributed by atoms with Gasteiger partial charge in [0.1, 0.15) is 22.5 Å². The van der Waals surface area contributed by atoms with Crippen LogP contribution in [0, 0.1) is 22.6 Å². The van der Waals surface area contributed by atoms with Gasteiger partial charge in [0.05, 0.1) is 23.3 Å². The van der Waals surface area contributed by atoms with Crippen LogP contribution in [-0.2, 0) is 10.0 Å². The number of nitrogens with zero attached hydrogens (tertiary/aromatic N) is 2. The van der Waals surface area contributed by atoms with E-state index in [1.807, 2.05) is 0 Å². The zero-order valence-corrected chi connectivity index (χ0v) is 21.0. The number of aliphatic hydroxyl groups excluding tert-OH is 1. The Morgan fingerprint density at radius 2 is 1.94 bits per heavy atom. The van der Waals surface area contributed by atoms with E-state index in [-0.39, 0.29) is 65.5 Å². The molecule has 1 aliphatic heterocycles. The number of hydrogen-bond donors (Lipinski definition) is 2. The second kappa shape index (κ2) is 10.5. The Morgan fingerprint density at radius 1 is 1.24 bits per heavy atom. The molecule has 184 valence electrons. The largest absolute Gasteiger partial charge is 0.493 e. The number of halogens is 4. The van der Waals surface area contributed by atoms with Crippen molar-refractivity contribution in [3.63, 3.8) is 0 Å². The van der Waals surface area contributed by atoms with Crippen LogP contribution in [0.25, 0.3) is 0 Å². The molecule has 0 aromatic heterocycles. The van der Waals surface area contributed by atoms with Crippen molar-refractivity contribution in [2.75, 3.05) is 26.2 Å². The fourth-order valence-corrected chi connectivity index (χ4v) is 6.39. The van der Waals surface area contributed by atoms with Crippen molar-refractivity contribution >= 4 is 45.6 Å². The maximum atomic E-state index is 13.9. The highest BCUT2D eigenvalue weighted by Crippen LogP contribution is 2.38. The highest BCUT2D eigenvalue weighted by molar-refractivity contribution is 7.89. The molecule has 1 saturated carbocycles. The van der Waals surface area contributed by atoms with E-state index < -0.39 is 21.3 Å². The van der Waals surface area contributed by atoms with E-state index in [2.05, 4.69) is 5.32 Å². The van der Waals surface area contributed by atoms with E-state index in [0.717, 1.165) is 6.07 Å². The van der Waals surface area contributed by atoms with Crippen molar-refractivity contribution in [3.05, 3.63) is 57.8 Å². The Kier molecular flexibility index (Phi) is 8.36. The Bertz CT molecular complexity index is 1200. The molecule has 0 unspecified atom stereocenters. The van der Waals surface area contributed by atoms with Crippen molar-refractivity contribution in [1.82, 2.24) is 9.62 Å². The van der Waals surface area contributed by atoms with Gasteiger partial charge >= 0.3 is 0 Å². The van der Waals surface area contributed by atoms with Gasteiger partial charge < -0.3 is 15.2 Å². The molecule has 0 atom stereocenters. The molecule has 0 radical (unpaired) electrons. The highest BCUT2D eigenvalue weighted by Gasteiger charge is 2.50. The summed E-state index contributed by atoms with van der Waals surface area (Å²) in [4.78, 5) is -0.0210. The lowest BCUT2D eigenvalue weighted by Crippen LogP contribution is -2.65. The van der Waals surface area contributed by atoms with E-state index in [0.29, 0.717) is 24.4 Å². The van der Waals surface area contributed by atoms with E-state index in [1.54, 1.807) is 6.07 Å². The van der Waals surface area contributed by atoms with Crippen molar-refractivity contribution < 1.29 is 22.7 Å². The number of benzene rings is 2. The molecule has 2 aliphatic rings. The molecule has 2 N–H and O–H groups in total. The fourth-order valence-electron chi connectivity index (χ4n) is 3.98. The molecular weight excluding hydrogens is 528 g/mol. The number of aliphatic hydroxyl groups is 1. The Balaban J connectivity index is 0.00000324. The van der Waals surface area contributed by atoms with Gasteiger partial charge in [-0.2, -0.15) is 9.57 Å². The zero-order chi connectivity index (χ0) is 23.8. The number of sulfonamides is 1. The number of ether oxygens (including phenoxy) is 1. The Labute approximate surface area is 213 Å². The summed E-state index contributed by atoms with van der Waals surface area (Å²) in [6, 6.07) is 10.1. The molecule has 2 fully saturated rings. The zero-order valence-electron chi connectivity index (χ0n) is 17.9. The van der Waals surface area contributed by atoms with Crippen LogP contribution in [-0.4, -0.2) is 56.2 Å². The topological polar surface area (TPSA) is 103 Å². The quantitative estimate of drug-likeness (QED) is 0.521. The molecular formula is C22H23Cl3FN3O4S. The molecule has 1 saturated heterocycles. The molecule has 2 aromatic carbocycles. The smallest absolute Gasteiger partial charge is 0.244 e. The van der Waals surface area contributed by atoms with E-state index >= 15 is 0 Å². The van der Waals surface area contributed by atoms with Crippen molar-refractivity contribution in [2.24, 2.45) is 5.41 Å². The van der Waals surface area contributed by atoms with Gasteiger partial charge in [0.2, 0.25) is 10.0 Å². The Hall–Kier alpha value is -1.64. The molecule has 0 spiro atoms. The van der Waals surface area contributed by atoms with Crippen LogP contribution in [0.5, 0.6) is 5.75 Å². The lowest BCUT2D eigenvalue weighted by Gasteiger charge is -2.50. The molecule has 0 bridgehead atoms. The number of rotatable bonds is 8. The van der Waals surface area contributed by atoms with Crippen LogP contribution in [0.1, 0.15) is 18.4 Å². The molecule has 0 amide bonds. The molecule has 12 heteroatoms. The van der Waals surface area contributed by atoms with Crippen molar-refractivity contribution in [2.45, 2.75) is 29.9 Å². The average molecular weight is 551 g/mol. The summed E-state index contributed by atoms with van der Waals surface area (Å²) in [6.07, 6.45) is 0.960. The third-order valence-electron chi connectivity index (χ3n) is 6.02. The normalized spacial score (nSPS) is 21.5. The summed E-state index contributed by atoms with van der Waals surface area (Å²) in [5.74, 6) is -0.423. The van der Waals surface area contributed by atoms with Gasteiger partial charge in [-0.3, -0.25) is 0 Å². The first kappa shape index (κ1) is 27.0. The summed E-state index contributed by atoms with van der Waals surface area (Å²) in [6.45, 7) is 0.954. The highest BCUT2D eigenvalue weighted by atomic mass is 35.5. The monoisotopic (exact) mass is 549 g/mol. The number of nitriles is 1. The van der Waals surface area contributed by atoms with Gasteiger partial charge in [0.25, 0.3) is 0 Å². The summed E-state index contributed by atoms with van der Waals surface area (Å²) in [5, 5.41) is 22.2. The summed E-state index contributed by atoms with van der Waals surface area (Å²) >= 11 is 12.0. The fraction of sp³-hybridized carbons (Fsp3) is 0.409. The maximum absolute atomic E-state index is 13.9. The van der Waals surface area contributed by atoms with E-state index in [4.69, 9.17) is 33.2 Å². The molecule has 1 aliphatic carbocycles. The minimum Gasteiger partial charge on any atom is -0.493 e. The third-order valence-corrected chi connectivity index (χ3v) is 8.53. The SMILES string of the molecule is Cl.N#Cc1ccc(OCC2(CNC3CC(O)C3)CN(S(=O)(=O)c3ccc(Cl)cc3Cl)C2)cc1F. The second-order valence-electron chi connectivity index (χ2n) is 8.59. The van der Waals surface area contributed by atoms with Crippen molar-refractivity contribution in [1.29, 1.82) is 5.26 Å². The number of nitrogens with one attached hydrogen (secondary N) is 1. The first-order valence-electron chi connectivity index (χ1n) is 10.3. The third kappa shape index (κ3) is 5.60. The predicted octanol–water partition coefficient (Wildman–Crippen LogP) is 3.61. The van der Waals surface area contributed by atoms with Gasteiger partial charge in [-0.05, 0) is 43.2 Å². The minimum absolute atomic E-state index is 0. The number of hydrogen-bond acceptors (Lipinski definition) is 6. The molecule has 4 rings (SSSR count). The minimum atomic E-state index is -3.83. The Morgan fingerprint density at radius 3 is 2.53 bits per heavy atom. The van der Waals surface area contributed by atoms with Crippen LogP contribution in [0.2, 0.25) is 10.0 Å². The maximum Gasteiger partial charge on any atom is 0.244 e. The van der Waals surface area contributed by atoms with E-state index in [1.165, 1.54) is 34.6 Å². The van der Waals surface area contributed by atoms with Gasteiger partial charge in [-0.25, -0.2) is 12.8 Å². The van der Waals surface area contributed by atoms with E-state index in [9.17, 15) is 17.9 Å². The van der Waals surface area contributed by atoms with Crippen LogP contribution in [0.15, 0.2) is 41.3 Å². The molecule has 2 aromatic rings. The van der Waals surface area contributed by atoms with Crippen LogP contribution in [0.4, 0.5) is 4.39 Å². The summed E-state index contributed by atoms with van der Waals surface area (Å²) in [5.41, 5.74) is -0.639. The molecule has 1 heterocycles. The second-order valence-corrected chi connectivity index (χ2v) is 11.3. The molecule has 7 nitrogen and oxygen atoms in total. The molecule has 34 heavy (non-hydrogen) atoms. The summed E-state index contributed by atoms with van der Waals surface area (Å²) in [7, 11) is -3.83. The van der Waals surface area contributed by atoms with Crippen LogP contribution in [0.3, 0.4) is 0 Å². The first-order chi connectivity index (χ1) is 15.6. The van der Waals surface area contributed by atoms with Gasteiger partial charge in [-0.1, -0.05) is 23.2 Å². The van der Waals surface area contributed by atoms with Crippen LogP contribution >= 0.6 is 35.6 Å². The standard InChI is InChI=1S/C22H22Cl2FN3O4S.ClH/c23-15-2-4-21(19(24)5-15)33(30,31)28-11-22(12-28,10-27-16-6-17(29)7-16)13-32-18-3-1-14(9-26)20(25)8-18;/h1-5,8,16-17,27,29H,6-7,10-13H2;1H. The van der Waals surface area contributed by atoms with Gasteiger partial charge in [0.15, 0.2) is 0 Å². The first-order valence-corrected chi connectivity index (χ1v) is 12.5.